The molecule has 0 bridgehead atoms. The number of likely N-dealkylation sites (tertiary alicyclic amines) is 1. The Kier molecular flexibility index (Phi) is 4.23. The third-order valence-corrected chi connectivity index (χ3v) is 5.41. The summed E-state index contributed by atoms with van der Waals surface area (Å²) in [6.07, 6.45) is 3.95. The number of rotatable bonds is 2. The van der Waals surface area contributed by atoms with Crippen LogP contribution in [-0.4, -0.2) is 57.5 Å². The van der Waals surface area contributed by atoms with Crippen molar-refractivity contribution in [2.45, 2.75) is 45.3 Å². The summed E-state index contributed by atoms with van der Waals surface area (Å²) in [5.74, 6) is 0.604. The van der Waals surface area contributed by atoms with Crippen LogP contribution in [0.2, 0.25) is 0 Å². The minimum atomic E-state index is -0.635. The van der Waals surface area contributed by atoms with Crippen LogP contribution in [0.25, 0.3) is 5.65 Å². The highest BCUT2D eigenvalue weighted by molar-refractivity contribution is 5.83. The summed E-state index contributed by atoms with van der Waals surface area (Å²) in [7, 11) is 0. The van der Waals surface area contributed by atoms with Crippen LogP contribution < -0.4 is 0 Å². The topological polar surface area (TPSA) is 69.0 Å². The fourth-order valence-electron chi connectivity index (χ4n) is 3.77. The molecule has 2 aliphatic rings. The number of piperidine rings is 1. The van der Waals surface area contributed by atoms with Crippen LogP contribution in [0.3, 0.4) is 0 Å². The maximum absolute atomic E-state index is 13.2. The minimum absolute atomic E-state index is 0.103. The highest BCUT2D eigenvalue weighted by Gasteiger charge is 2.45. The molecule has 2 saturated heterocycles. The lowest BCUT2D eigenvalue weighted by molar-refractivity contribution is -0.279. The molecule has 140 valence electrons. The Labute approximate surface area is 153 Å². The van der Waals surface area contributed by atoms with Gasteiger partial charge in [-0.2, -0.15) is 0 Å². The summed E-state index contributed by atoms with van der Waals surface area (Å²) < 4.78 is 13.5. The van der Waals surface area contributed by atoms with Crippen LogP contribution in [0.15, 0.2) is 24.4 Å². The molecule has 26 heavy (non-hydrogen) atoms. The van der Waals surface area contributed by atoms with Crippen molar-refractivity contribution in [2.75, 3.05) is 26.3 Å². The smallest absolute Gasteiger partial charge is 0.233 e. The van der Waals surface area contributed by atoms with E-state index in [1.54, 1.807) is 0 Å². The fraction of sp³-hybridized carbons (Fsp3) is 0.632. The predicted octanol–water partition coefficient (Wildman–Crippen LogP) is 2.22. The first-order valence-electron chi connectivity index (χ1n) is 9.25. The second-order valence-electron chi connectivity index (χ2n) is 8.12. The number of fused-ring (bicyclic) bond motifs is 1. The van der Waals surface area contributed by atoms with Crippen LogP contribution in [-0.2, 0) is 14.3 Å². The van der Waals surface area contributed by atoms with Gasteiger partial charge in [0, 0.05) is 25.2 Å². The fourth-order valence-corrected chi connectivity index (χ4v) is 3.77. The molecule has 7 nitrogen and oxygen atoms in total. The lowest BCUT2D eigenvalue weighted by Crippen LogP contribution is -2.55. The zero-order valence-corrected chi connectivity index (χ0v) is 15.6. The van der Waals surface area contributed by atoms with E-state index >= 15 is 0 Å². The number of hydrogen-bond donors (Lipinski definition) is 0. The van der Waals surface area contributed by atoms with Crippen LogP contribution in [0.5, 0.6) is 0 Å². The van der Waals surface area contributed by atoms with Crippen molar-refractivity contribution in [3.8, 4) is 0 Å². The molecule has 0 spiro atoms. The first-order chi connectivity index (χ1) is 12.4. The molecule has 2 aromatic heterocycles. The molecule has 2 fully saturated rings. The maximum atomic E-state index is 13.2. The summed E-state index contributed by atoms with van der Waals surface area (Å²) in [6.45, 7) is 7.88. The molecule has 0 unspecified atom stereocenters. The van der Waals surface area contributed by atoms with Crippen LogP contribution in [0.1, 0.15) is 45.4 Å². The standard InChI is InChI=1S/C19H26N4O3/c1-18(2)25-12-19(3,13-26-18)17(24)22-9-6-7-14(11-22)16-21-20-15-8-4-5-10-23(15)16/h4-5,8,10,14H,6-7,9,11-13H2,1-3H3/t14-/m1/s1. The first kappa shape index (κ1) is 17.4. The van der Waals surface area contributed by atoms with Gasteiger partial charge < -0.3 is 14.4 Å². The molecule has 1 atom stereocenters. The van der Waals surface area contributed by atoms with E-state index < -0.39 is 11.2 Å². The third-order valence-electron chi connectivity index (χ3n) is 5.41. The van der Waals surface area contributed by atoms with Gasteiger partial charge in [0.25, 0.3) is 0 Å². The zero-order chi connectivity index (χ0) is 18.4. The molecular weight excluding hydrogens is 332 g/mol. The lowest BCUT2D eigenvalue weighted by Gasteiger charge is -2.44. The number of ether oxygens (including phenoxy) is 2. The molecule has 0 aliphatic carbocycles. The highest BCUT2D eigenvalue weighted by Crippen LogP contribution is 2.34. The van der Waals surface area contributed by atoms with Gasteiger partial charge in [-0.05, 0) is 45.7 Å². The lowest BCUT2D eigenvalue weighted by atomic mass is 9.87. The van der Waals surface area contributed by atoms with E-state index in [1.165, 1.54) is 0 Å². The second kappa shape index (κ2) is 6.32. The average Bonchev–Trinajstić information content (AvgIpc) is 3.08. The molecular formula is C19H26N4O3. The summed E-state index contributed by atoms with van der Waals surface area (Å²) in [5.41, 5.74) is 0.207. The predicted molar refractivity (Wildman–Crippen MR) is 95.6 cm³/mol. The van der Waals surface area contributed by atoms with E-state index in [9.17, 15) is 4.79 Å². The van der Waals surface area contributed by atoms with Crippen LogP contribution in [0.4, 0.5) is 0 Å². The van der Waals surface area contributed by atoms with Gasteiger partial charge in [0.15, 0.2) is 11.4 Å². The van der Waals surface area contributed by atoms with Gasteiger partial charge in [-0.3, -0.25) is 9.20 Å². The molecule has 0 aromatic carbocycles. The maximum Gasteiger partial charge on any atom is 0.233 e. The minimum Gasteiger partial charge on any atom is -0.349 e. The number of aromatic nitrogens is 3. The molecule has 0 N–H and O–H groups in total. The van der Waals surface area contributed by atoms with Gasteiger partial charge in [0.05, 0.1) is 18.6 Å². The van der Waals surface area contributed by atoms with E-state index in [2.05, 4.69) is 10.2 Å². The van der Waals surface area contributed by atoms with Crippen molar-refractivity contribution in [2.24, 2.45) is 5.41 Å². The van der Waals surface area contributed by atoms with Gasteiger partial charge in [-0.25, -0.2) is 0 Å². The Morgan fingerprint density at radius 2 is 1.96 bits per heavy atom. The van der Waals surface area contributed by atoms with E-state index in [-0.39, 0.29) is 11.8 Å². The average molecular weight is 358 g/mol. The number of carbonyl (C=O) groups is 1. The summed E-state index contributed by atoms with van der Waals surface area (Å²) in [4.78, 5) is 15.1. The van der Waals surface area contributed by atoms with Crippen LogP contribution in [0, 0.1) is 5.41 Å². The Bertz CT molecular complexity index is 806. The van der Waals surface area contributed by atoms with Crippen molar-refractivity contribution in [3.63, 3.8) is 0 Å². The van der Waals surface area contributed by atoms with Gasteiger partial charge in [0.2, 0.25) is 5.91 Å². The normalized spacial score (nSPS) is 25.3. The molecule has 4 rings (SSSR count). The van der Waals surface area contributed by atoms with Gasteiger partial charge in [-0.1, -0.05) is 6.07 Å². The highest BCUT2D eigenvalue weighted by atomic mass is 16.7. The molecule has 2 aromatic rings. The number of hydrogen-bond acceptors (Lipinski definition) is 5. The number of nitrogens with zero attached hydrogens (tertiary/aromatic N) is 4. The quantitative estimate of drug-likeness (QED) is 0.823. The van der Waals surface area contributed by atoms with Crippen molar-refractivity contribution in [1.82, 2.24) is 19.5 Å². The van der Waals surface area contributed by atoms with E-state index in [0.29, 0.717) is 19.8 Å². The molecule has 2 aliphatic heterocycles. The Morgan fingerprint density at radius 3 is 2.73 bits per heavy atom. The Morgan fingerprint density at radius 1 is 1.19 bits per heavy atom. The summed E-state index contributed by atoms with van der Waals surface area (Å²) in [6, 6.07) is 5.88. The summed E-state index contributed by atoms with van der Waals surface area (Å²) >= 11 is 0. The third kappa shape index (κ3) is 3.10. The monoisotopic (exact) mass is 358 g/mol. The van der Waals surface area contributed by atoms with Crippen molar-refractivity contribution < 1.29 is 14.3 Å². The molecule has 4 heterocycles. The Balaban J connectivity index is 1.51. The zero-order valence-electron chi connectivity index (χ0n) is 15.6. The van der Waals surface area contributed by atoms with E-state index in [4.69, 9.17) is 9.47 Å². The number of carbonyl (C=O) groups excluding carboxylic acids is 1. The van der Waals surface area contributed by atoms with E-state index in [0.717, 1.165) is 30.9 Å². The number of amides is 1. The van der Waals surface area contributed by atoms with Crippen molar-refractivity contribution in [3.05, 3.63) is 30.2 Å². The SMILES string of the molecule is CC1(C)OCC(C)(C(=O)N2CCC[C@@H](c3nnc4ccccn34)C2)CO1. The van der Waals surface area contributed by atoms with Gasteiger partial charge >= 0.3 is 0 Å². The first-order valence-corrected chi connectivity index (χ1v) is 9.25. The molecule has 1 amide bonds. The molecule has 0 radical (unpaired) electrons. The molecule has 7 heteroatoms. The number of pyridine rings is 1. The Hall–Kier alpha value is -1.99. The largest absolute Gasteiger partial charge is 0.349 e. The van der Waals surface area contributed by atoms with Gasteiger partial charge in [-0.15, -0.1) is 10.2 Å². The second-order valence-corrected chi connectivity index (χ2v) is 8.12. The van der Waals surface area contributed by atoms with Crippen molar-refractivity contribution in [1.29, 1.82) is 0 Å². The van der Waals surface area contributed by atoms with E-state index in [1.807, 2.05) is 54.5 Å². The van der Waals surface area contributed by atoms with Crippen LogP contribution >= 0.6 is 0 Å². The molecule has 0 saturated carbocycles. The van der Waals surface area contributed by atoms with Crippen molar-refractivity contribution >= 4 is 11.6 Å². The summed E-state index contributed by atoms with van der Waals surface area (Å²) in [5, 5.41) is 8.64. The van der Waals surface area contributed by atoms with Gasteiger partial charge in [0.1, 0.15) is 5.82 Å².